The Labute approximate surface area is 291 Å². The third-order valence-electron chi connectivity index (χ3n) is 9.72. The van der Waals surface area contributed by atoms with Crippen molar-refractivity contribution in [2.24, 2.45) is 0 Å². The van der Waals surface area contributed by atoms with Crippen molar-refractivity contribution in [1.82, 2.24) is 0 Å². The lowest BCUT2D eigenvalue weighted by Crippen LogP contribution is -1.91. The van der Waals surface area contributed by atoms with Gasteiger partial charge in [-0.2, -0.15) is 0 Å². The van der Waals surface area contributed by atoms with Crippen LogP contribution in [0.25, 0.3) is 98.8 Å². The van der Waals surface area contributed by atoms with E-state index in [2.05, 4.69) is 109 Å². The number of benzene rings is 9. The smallest absolute Gasteiger partial charge is 0.136 e. The summed E-state index contributed by atoms with van der Waals surface area (Å²) >= 11 is 0. The molecule has 0 aliphatic heterocycles. The fraction of sp³-hybridized carbons (Fsp3) is 0. The van der Waals surface area contributed by atoms with Gasteiger partial charge in [-0.3, -0.25) is 0 Å². The van der Waals surface area contributed by atoms with Gasteiger partial charge in [-0.1, -0.05) is 158 Å². The molecule has 0 fully saturated rings. The van der Waals surface area contributed by atoms with Gasteiger partial charge in [0.2, 0.25) is 0 Å². The molecule has 10 aromatic rings. The lowest BCUT2D eigenvalue weighted by Gasteiger charge is -2.18. The first-order valence-electron chi connectivity index (χ1n) is 18.9. The van der Waals surface area contributed by atoms with Crippen LogP contribution in [0.15, 0.2) is 186 Å². The summed E-state index contributed by atoms with van der Waals surface area (Å²) in [5.74, 6) is 0. The van der Waals surface area contributed by atoms with Crippen LogP contribution >= 0.6 is 0 Å². The van der Waals surface area contributed by atoms with Gasteiger partial charge in [0.25, 0.3) is 0 Å². The van der Waals surface area contributed by atoms with Gasteiger partial charge >= 0.3 is 0 Å². The van der Waals surface area contributed by atoms with Crippen LogP contribution < -0.4 is 0 Å². The van der Waals surface area contributed by atoms with Crippen LogP contribution in [0.1, 0.15) is 6.85 Å². The van der Waals surface area contributed by atoms with Gasteiger partial charge in [-0.15, -0.1) is 0 Å². The van der Waals surface area contributed by atoms with Crippen LogP contribution in [0.3, 0.4) is 0 Å². The first-order chi connectivity index (χ1) is 26.4. The number of fused-ring (bicyclic) bond motifs is 6. The topological polar surface area (TPSA) is 13.1 Å². The van der Waals surface area contributed by atoms with Crippen molar-refractivity contribution in [3.05, 3.63) is 182 Å². The van der Waals surface area contributed by atoms with Gasteiger partial charge in [0, 0.05) is 10.8 Å². The number of hydrogen-bond donors (Lipinski definition) is 0. The Kier molecular flexibility index (Phi) is 5.20. The Balaban J connectivity index is 1.14. The Morgan fingerprint density at radius 1 is 0.367 bits per heavy atom. The van der Waals surface area contributed by atoms with E-state index in [1.54, 1.807) is 0 Å². The highest BCUT2D eigenvalue weighted by Gasteiger charge is 2.18. The Morgan fingerprint density at radius 2 is 0.939 bits per heavy atom. The van der Waals surface area contributed by atoms with Crippen molar-refractivity contribution < 1.29 is 11.3 Å². The molecule has 0 saturated heterocycles. The zero-order valence-electron chi connectivity index (χ0n) is 31.3. The SMILES string of the molecule is [2H]c1c([2H])c([2H])c(-c2cccc(-c3c4ccccc4c(-c4ccc(-c5cccc6oc7cc8ccccc8cc7c56)cc4)c4ccccc34)c2)c([2H])c1[2H]. The third kappa shape index (κ3) is 4.47. The summed E-state index contributed by atoms with van der Waals surface area (Å²) < 4.78 is 48.2. The summed E-state index contributed by atoms with van der Waals surface area (Å²) in [5.41, 5.74) is 8.91. The van der Waals surface area contributed by atoms with Crippen molar-refractivity contribution in [2.45, 2.75) is 0 Å². The van der Waals surface area contributed by atoms with E-state index in [1.165, 1.54) is 5.39 Å². The van der Waals surface area contributed by atoms with Crippen LogP contribution in [0.5, 0.6) is 0 Å². The van der Waals surface area contributed by atoms with Crippen molar-refractivity contribution in [1.29, 1.82) is 0 Å². The van der Waals surface area contributed by atoms with Crippen LogP contribution in [0, 0.1) is 0 Å². The maximum atomic E-state index is 8.62. The number of hydrogen-bond acceptors (Lipinski definition) is 1. The van der Waals surface area contributed by atoms with Crippen LogP contribution in [0.4, 0.5) is 0 Å². The van der Waals surface area contributed by atoms with Crippen molar-refractivity contribution in [3.8, 4) is 44.5 Å². The zero-order valence-corrected chi connectivity index (χ0v) is 26.3. The monoisotopic (exact) mass is 627 g/mol. The van der Waals surface area contributed by atoms with Crippen LogP contribution in [0.2, 0.25) is 0 Å². The summed E-state index contributed by atoms with van der Waals surface area (Å²) in [6.45, 7) is 0. The number of rotatable bonds is 4. The van der Waals surface area contributed by atoms with E-state index in [4.69, 9.17) is 11.3 Å². The van der Waals surface area contributed by atoms with Crippen molar-refractivity contribution in [2.75, 3.05) is 0 Å². The van der Waals surface area contributed by atoms with E-state index >= 15 is 0 Å². The minimum Gasteiger partial charge on any atom is -0.456 e. The molecule has 10 rings (SSSR count). The van der Waals surface area contributed by atoms with Gasteiger partial charge in [0.1, 0.15) is 11.2 Å². The second-order valence-corrected chi connectivity index (χ2v) is 12.5. The average molecular weight is 628 g/mol. The molecule has 9 aromatic carbocycles. The van der Waals surface area contributed by atoms with Crippen LogP contribution in [-0.4, -0.2) is 0 Å². The van der Waals surface area contributed by atoms with E-state index in [-0.39, 0.29) is 29.7 Å². The van der Waals surface area contributed by atoms with Crippen molar-refractivity contribution in [3.63, 3.8) is 0 Å². The first-order valence-corrected chi connectivity index (χ1v) is 16.4. The molecule has 0 aliphatic rings. The normalized spacial score (nSPS) is 13.1. The second kappa shape index (κ2) is 11.1. The van der Waals surface area contributed by atoms with E-state index < -0.39 is 6.04 Å². The third-order valence-corrected chi connectivity index (χ3v) is 9.72. The highest BCUT2D eigenvalue weighted by atomic mass is 16.3. The summed E-state index contributed by atoms with van der Waals surface area (Å²) in [6, 6.07) is 50.8. The van der Waals surface area contributed by atoms with Gasteiger partial charge < -0.3 is 4.42 Å². The highest BCUT2D eigenvalue weighted by molar-refractivity contribution is 6.22. The Bertz CT molecular complexity index is 3070. The molecule has 0 saturated carbocycles. The summed E-state index contributed by atoms with van der Waals surface area (Å²) in [7, 11) is 0. The predicted octanol–water partition coefficient (Wildman–Crippen LogP) is 13.7. The minimum atomic E-state index is -0.397. The molecule has 228 valence electrons. The lowest BCUT2D eigenvalue weighted by molar-refractivity contribution is 0.669. The van der Waals surface area contributed by atoms with Crippen molar-refractivity contribution >= 4 is 54.3 Å². The zero-order chi connectivity index (χ0) is 36.7. The van der Waals surface area contributed by atoms with Gasteiger partial charge in [0.05, 0.1) is 6.85 Å². The second-order valence-electron chi connectivity index (χ2n) is 12.5. The standard InChI is InChI=1S/C48H30O/c1-2-12-31(13-3-1)34-16-10-17-37(28-34)47-41-20-8-6-18-39(41)46(40-19-7-9-21-42(40)47)33-26-24-32(25-27-33)38-22-11-23-44-48(38)43-29-35-14-4-5-15-36(35)30-45(43)49-44/h1-30H/i1D,2D,3D,12D,13D. The lowest BCUT2D eigenvalue weighted by atomic mass is 9.85. The molecule has 0 aliphatic carbocycles. The fourth-order valence-corrected chi connectivity index (χ4v) is 7.54. The summed E-state index contributed by atoms with van der Waals surface area (Å²) in [4.78, 5) is 0. The number of furan rings is 1. The molecule has 0 unspecified atom stereocenters. The summed E-state index contributed by atoms with van der Waals surface area (Å²) in [6.07, 6.45) is 0. The van der Waals surface area contributed by atoms with E-state index in [0.29, 0.717) is 5.56 Å². The van der Waals surface area contributed by atoms with E-state index in [1.807, 2.05) is 42.5 Å². The molecule has 0 atom stereocenters. The largest absolute Gasteiger partial charge is 0.456 e. The molecule has 1 aromatic heterocycles. The maximum absolute atomic E-state index is 8.62. The molecular formula is C48H30O. The minimum absolute atomic E-state index is 0.195. The molecule has 0 N–H and O–H groups in total. The van der Waals surface area contributed by atoms with Crippen LogP contribution in [-0.2, 0) is 0 Å². The quantitative estimate of drug-likeness (QED) is 0.177. The molecule has 0 amide bonds. The van der Waals surface area contributed by atoms with E-state index in [0.717, 1.165) is 82.3 Å². The summed E-state index contributed by atoms with van der Waals surface area (Å²) in [5, 5.41) is 8.88. The first kappa shape index (κ1) is 23.0. The molecule has 1 heteroatoms. The molecule has 0 bridgehead atoms. The fourth-order valence-electron chi connectivity index (χ4n) is 7.54. The molecule has 0 radical (unpaired) electrons. The molecule has 1 heterocycles. The van der Waals surface area contributed by atoms with E-state index in [9.17, 15) is 0 Å². The molecule has 49 heavy (non-hydrogen) atoms. The van der Waals surface area contributed by atoms with Gasteiger partial charge in [0.15, 0.2) is 0 Å². The molecule has 1 nitrogen and oxygen atoms in total. The molecular weight excluding hydrogens is 593 g/mol. The van der Waals surface area contributed by atoms with Gasteiger partial charge in [-0.05, 0) is 101 Å². The van der Waals surface area contributed by atoms with Gasteiger partial charge in [-0.25, -0.2) is 0 Å². The highest BCUT2D eigenvalue weighted by Crippen LogP contribution is 2.45. The maximum Gasteiger partial charge on any atom is 0.136 e. The Morgan fingerprint density at radius 3 is 1.63 bits per heavy atom. The molecule has 0 spiro atoms. The predicted molar refractivity (Wildman–Crippen MR) is 208 cm³/mol. The average Bonchev–Trinajstić information content (AvgIpc) is 3.58. The Hall–Kier alpha value is -6.44.